The minimum Gasteiger partial charge on any atom is -0.275 e. The largest absolute Gasteiger partial charge is 0.275 e. The van der Waals surface area contributed by atoms with E-state index in [1.54, 1.807) is 89.5 Å². The van der Waals surface area contributed by atoms with Crippen molar-refractivity contribution in [3.63, 3.8) is 0 Å². The van der Waals surface area contributed by atoms with Crippen molar-refractivity contribution in [2.45, 2.75) is 36.0 Å². The normalized spacial score (nSPS) is 15.9. The molecule has 54 heavy (non-hydrogen) atoms. The van der Waals surface area contributed by atoms with Crippen molar-refractivity contribution in [3.8, 4) is 22.3 Å². The molecular weight excluding hydrogens is 731 g/mol. The zero-order valence-electron chi connectivity index (χ0n) is 29.3. The molecule has 10 nitrogen and oxygen atoms in total. The van der Waals surface area contributed by atoms with Crippen LogP contribution in [-0.4, -0.2) is 45.0 Å². The molecule has 2 aromatic heterocycles. The van der Waals surface area contributed by atoms with E-state index in [-0.39, 0.29) is 26.2 Å². The van der Waals surface area contributed by atoms with Crippen molar-refractivity contribution >= 4 is 30.9 Å². The number of sulfonamides is 2. The van der Waals surface area contributed by atoms with Crippen LogP contribution in [0.25, 0.3) is 33.2 Å². The lowest BCUT2D eigenvalue weighted by atomic mass is 10.0. The molecule has 4 heterocycles. The lowest BCUT2D eigenvalue weighted by molar-refractivity contribution is 0.411. The maximum atomic E-state index is 14.8. The zero-order valence-corrected chi connectivity index (χ0v) is 30.9. The quantitative estimate of drug-likeness (QED) is 0.180. The first-order valence-electron chi connectivity index (χ1n) is 17.0. The minimum atomic E-state index is -3.59. The van der Waals surface area contributed by atoms with Crippen molar-refractivity contribution in [2.24, 2.45) is 14.1 Å². The van der Waals surface area contributed by atoms with Gasteiger partial charge in [-0.3, -0.25) is 9.36 Å². The Labute approximate surface area is 311 Å². The van der Waals surface area contributed by atoms with Gasteiger partial charge >= 0.3 is 0 Å². The van der Waals surface area contributed by atoms with Crippen LogP contribution in [0.4, 0.5) is 8.78 Å². The van der Waals surface area contributed by atoms with E-state index in [0.717, 1.165) is 38.7 Å². The minimum absolute atomic E-state index is 0.00473. The van der Waals surface area contributed by atoms with E-state index < -0.39 is 31.7 Å². The summed E-state index contributed by atoms with van der Waals surface area (Å²) < 4.78 is 86.0. The van der Waals surface area contributed by atoms with E-state index in [4.69, 9.17) is 0 Å². The van der Waals surface area contributed by atoms with Crippen molar-refractivity contribution in [1.29, 1.82) is 0 Å². The highest BCUT2D eigenvalue weighted by atomic mass is 32.2. The van der Waals surface area contributed by atoms with Gasteiger partial charge in [-0.25, -0.2) is 25.6 Å². The number of aryl methyl sites for hydroxylation is 2. The number of nitrogens with zero attached hydrogens (tertiary/aromatic N) is 6. The van der Waals surface area contributed by atoms with Crippen LogP contribution in [0, 0.1) is 11.6 Å². The average Bonchev–Trinajstić information content (AvgIpc) is 3.88. The zero-order chi connectivity index (χ0) is 37.8. The molecule has 0 fully saturated rings. The number of benzene rings is 5. The predicted octanol–water partition coefficient (Wildman–Crippen LogP) is 7.01. The van der Waals surface area contributed by atoms with E-state index in [9.17, 15) is 25.6 Å². The highest BCUT2D eigenvalue weighted by Gasteiger charge is 2.35. The summed E-state index contributed by atoms with van der Waals surface area (Å²) in [6.45, 7) is 0.542. The number of hydrogen-bond acceptors (Lipinski definition) is 6. The van der Waals surface area contributed by atoms with Gasteiger partial charge in [0.15, 0.2) is 0 Å². The Morgan fingerprint density at radius 1 is 0.593 bits per heavy atom. The van der Waals surface area contributed by atoms with E-state index in [1.807, 2.05) is 43.6 Å². The molecule has 7 aromatic rings. The van der Waals surface area contributed by atoms with Gasteiger partial charge in [-0.1, -0.05) is 66.7 Å². The number of fused-ring (bicyclic) bond motifs is 3. The topological polar surface area (TPSA) is 110 Å². The first-order chi connectivity index (χ1) is 25.9. The second-order valence-corrected chi connectivity index (χ2v) is 17.2. The number of aromatic nitrogens is 4. The average molecular weight is 765 g/mol. The number of halogens is 2. The molecule has 0 saturated heterocycles. The maximum Gasteiger partial charge on any atom is 0.244 e. The van der Waals surface area contributed by atoms with Crippen molar-refractivity contribution in [2.75, 3.05) is 0 Å². The van der Waals surface area contributed by atoms with Crippen LogP contribution in [-0.2, 0) is 60.3 Å². The molecule has 0 unspecified atom stereocenters. The lowest BCUT2D eigenvalue weighted by Crippen LogP contribution is -2.24. The summed E-state index contributed by atoms with van der Waals surface area (Å²) >= 11 is 0. The van der Waals surface area contributed by atoms with Crippen molar-refractivity contribution < 1.29 is 25.6 Å². The van der Waals surface area contributed by atoms with Crippen LogP contribution >= 0.6 is 0 Å². The number of hydrogen-bond donors (Lipinski definition) is 0. The van der Waals surface area contributed by atoms with Crippen LogP contribution in [0.5, 0.6) is 0 Å². The van der Waals surface area contributed by atoms with Crippen LogP contribution in [0.1, 0.15) is 22.3 Å². The fraction of sp³-hybridized carbons (Fsp3) is 0.150. The Kier molecular flexibility index (Phi) is 9.01. The molecule has 274 valence electrons. The molecule has 0 bridgehead atoms. The summed E-state index contributed by atoms with van der Waals surface area (Å²) in [5, 5.41) is 9.41. The molecule has 0 N–H and O–H groups in total. The molecule has 5 aromatic carbocycles. The molecule has 0 spiro atoms. The third-order valence-electron chi connectivity index (χ3n) is 9.66. The van der Waals surface area contributed by atoms with Gasteiger partial charge in [0, 0.05) is 74.7 Å². The molecule has 2 aliphatic heterocycles. The highest BCUT2D eigenvalue weighted by molar-refractivity contribution is 7.89. The Bertz CT molecular complexity index is 2800. The van der Waals surface area contributed by atoms with Gasteiger partial charge in [-0.15, -0.1) is 0 Å². The molecular formula is C40H34F2N6O4S2. The summed E-state index contributed by atoms with van der Waals surface area (Å²) in [7, 11) is -3.50. The fourth-order valence-electron chi connectivity index (χ4n) is 6.87. The summed E-state index contributed by atoms with van der Waals surface area (Å²) in [4.78, 5) is 0.615. The second-order valence-electron chi connectivity index (χ2n) is 13.4. The van der Waals surface area contributed by atoms with E-state index in [2.05, 4.69) is 10.2 Å². The summed E-state index contributed by atoms with van der Waals surface area (Å²) in [6, 6.07) is 29.4. The molecule has 2 aliphatic rings. The van der Waals surface area contributed by atoms with Gasteiger partial charge in [-0.05, 0) is 64.2 Å². The van der Waals surface area contributed by atoms with Gasteiger partial charge < -0.3 is 0 Å². The van der Waals surface area contributed by atoms with Crippen molar-refractivity contribution in [3.05, 3.63) is 156 Å². The van der Waals surface area contributed by atoms with Crippen LogP contribution in [0.3, 0.4) is 0 Å². The highest BCUT2D eigenvalue weighted by Crippen LogP contribution is 2.34. The predicted molar refractivity (Wildman–Crippen MR) is 200 cm³/mol. The first-order valence-corrected chi connectivity index (χ1v) is 19.9. The second kappa shape index (κ2) is 13.7. The van der Waals surface area contributed by atoms with Gasteiger partial charge in [0.05, 0.1) is 21.5 Å². The third kappa shape index (κ3) is 6.62. The maximum absolute atomic E-state index is 14.8. The van der Waals surface area contributed by atoms with Gasteiger partial charge in [0.1, 0.15) is 11.6 Å². The van der Waals surface area contributed by atoms with Gasteiger partial charge in [0.25, 0.3) is 0 Å². The fourth-order valence-corrected chi connectivity index (χ4v) is 10.1. The smallest absolute Gasteiger partial charge is 0.244 e. The van der Waals surface area contributed by atoms with Crippen LogP contribution in [0.2, 0.25) is 0 Å². The Morgan fingerprint density at radius 2 is 1.09 bits per heavy atom. The summed E-state index contributed by atoms with van der Waals surface area (Å²) in [6.07, 6.45) is 5.38. The SMILES string of the molecule is Cn1cc(-c2ccc(CN3Cc4ccccc4S3(=O)=O)c(F)c2)cn1.Cn1cc2cc(-c3ccc(CN4Cc5ccccc5S4(=O)=O)c(F)c3)ccc2n1. The van der Waals surface area contributed by atoms with Crippen LogP contribution in [0.15, 0.2) is 132 Å². The van der Waals surface area contributed by atoms with Gasteiger partial charge in [0.2, 0.25) is 20.0 Å². The van der Waals surface area contributed by atoms with E-state index >= 15 is 0 Å². The monoisotopic (exact) mass is 764 g/mol. The molecule has 0 amide bonds. The Morgan fingerprint density at radius 3 is 1.59 bits per heavy atom. The van der Waals surface area contributed by atoms with Gasteiger partial charge in [-0.2, -0.15) is 18.8 Å². The standard InChI is InChI=1S/C22H18FN3O2S.C18H16FN3O2S/c1-25-12-19-10-15(8-9-21(19)24-25)16-6-7-17(20(23)11-16)13-26-14-18-4-2-3-5-22(18)29(26,27)28;1-21-10-16(9-20-21)13-6-7-14(17(19)8-13)11-22-12-15-4-2-3-5-18(15)25(22,23)24/h2-12H,13-14H2,1H3;2-10H,11-12H2,1H3. The van der Waals surface area contributed by atoms with Crippen molar-refractivity contribution in [1.82, 2.24) is 28.2 Å². The molecule has 0 aliphatic carbocycles. The molecule has 0 radical (unpaired) electrons. The summed E-state index contributed by atoms with van der Waals surface area (Å²) in [5.74, 6) is -0.840. The Hall–Kier alpha value is -5.54. The van der Waals surface area contributed by atoms with E-state index in [0.29, 0.717) is 26.5 Å². The lowest BCUT2D eigenvalue weighted by Gasteiger charge is -2.15. The van der Waals surface area contributed by atoms with E-state index in [1.165, 1.54) is 20.7 Å². The molecule has 0 saturated carbocycles. The Balaban J connectivity index is 0.000000155. The summed E-state index contributed by atoms with van der Waals surface area (Å²) in [5.41, 5.74) is 6.23. The molecule has 14 heteroatoms. The first kappa shape index (κ1) is 35.5. The molecule has 9 rings (SSSR count). The molecule has 0 atom stereocenters. The number of rotatable bonds is 6. The van der Waals surface area contributed by atoms with Crippen LogP contribution < -0.4 is 0 Å². The third-order valence-corrected chi connectivity index (χ3v) is 13.4.